The summed E-state index contributed by atoms with van der Waals surface area (Å²) in [6.07, 6.45) is 0. The largest absolute Gasteiger partial charge is 0.464 e. The van der Waals surface area contributed by atoms with Gasteiger partial charge in [0.1, 0.15) is 39.4 Å². The summed E-state index contributed by atoms with van der Waals surface area (Å²) in [5, 5.41) is 5.50. The lowest BCUT2D eigenvalue weighted by atomic mass is 9.92. The van der Waals surface area contributed by atoms with Crippen molar-refractivity contribution in [2.75, 3.05) is 93.2 Å². The van der Waals surface area contributed by atoms with Crippen LogP contribution in [0, 0.1) is 11.3 Å². The zero-order chi connectivity index (χ0) is 37.2. The normalized spacial score (nSPS) is 13.1. The first-order chi connectivity index (χ1) is 22.0. The van der Waals surface area contributed by atoms with E-state index in [9.17, 15) is 24.0 Å². The molecule has 2 amide bonds. The maximum absolute atomic E-state index is 12.6. The number of carbonyl (C=O) groups excluding carboxylic acids is 5. The molecule has 0 aliphatic rings. The van der Waals surface area contributed by atoms with E-state index in [1.165, 1.54) is 0 Å². The summed E-state index contributed by atoms with van der Waals surface area (Å²) in [5.74, 6) is -2.40. The molecule has 0 aliphatic heterocycles. The molecule has 0 saturated carbocycles. The lowest BCUT2D eigenvalue weighted by molar-refractivity contribution is -0.170. The summed E-state index contributed by atoms with van der Waals surface area (Å²) in [7, 11) is 3.83. The van der Waals surface area contributed by atoms with Crippen molar-refractivity contribution in [2.24, 2.45) is 11.3 Å². The predicted octanol–water partition coefficient (Wildman–Crippen LogP) is 2.60. The van der Waals surface area contributed by atoms with E-state index < -0.39 is 42.2 Å². The summed E-state index contributed by atoms with van der Waals surface area (Å²) < 4.78 is 30.1. The number of alkyl halides is 3. The Balaban J connectivity index is 4.95. The molecule has 0 unspecified atom stereocenters. The molecule has 0 bridgehead atoms. The number of nitrogens with zero attached hydrogens (tertiary/aromatic N) is 1. The molecular weight excluding hydrogens is 830 g/mol. The fraction of sp³-hybridized carbons (Fsp3) is 0.839. The van der Waals surface area contributed by atoms with E-state index in [4.69, 9.17) is 28.4 Å². The van der Waals surface area contributed by atoms with Crippen LogP contribution in [0.1, 0.15) is 48.5 Å². The number of carbonyl (C=O) groups is 5. The fourth-order valence-corrected chi connectivity index (χ4v) is 3.81. The molecule has 0 radical (unpaired) electrons. The molecule has 0 rings (SSSR count). The van der Waals surface area contributed by atoms with Crippen molar-refractivity contribution in [3.8, 4) is 0 Å². The minimum atomic E-state index is -1.34. The van der Waals surface area contributed by atoms with Crippen LogP contribution in [-0.4, -0.2) is 141 Å². The number of hydrogen-bond acceptors (Lipinski definition) is 12. The van der Waals surface area contributed by atoms with Crippen LogP contribution >= 0.6 is 47.8 Å². The molecule has 0 fully saturated rings. The van der Waals surface area contributed by atoms with Gasteiger partial charge in [-0.1, -0.05) is 54.7 Å². The van der Waals surface area contributed by atoms with Crippen molar-refractivity contribution in [2.45, 2.75) is 61.4 Å². The van der Waals surface area contributed by atoms with Gasteiger partial charge >= 0.3 is 17.9 Å². The standard InChI is InChI=1S/C31H54Br3N3O11/c1-22(16-37(8)9)24(39)36-11-13-44-15-14-43-12-10-35-23(38)17-45-18-31(19-46-25(40)28(2,3)32,20-47-26(41)29(4,5)33)21-48-27(42)30(6,7)34/h22H,10-21H2,1-9H3,(H,35,38)(H,36,39)/t22-/m0/s1. The van der Waals surface area contributed by atoms with Gasteiger partial charge in [-0.2, -0.15) is 0 Å². The van der Waals surface area contributed by atoms with Crippen molar-refractivity contribution >= 4 is 77.5 Å². The van der Waals surface area contributed by atoms with Gasteiger partial charge < -0.3 is 44.0 Å². The highest BCUT2D eigenvalue weighted by atomic mass is 79.9. The van der Waals surface area contributed by atoms with Crippen LogP contribution in [0.2, 0.25) is 0 Å². The second-order valence-corrected chi connectivity index (χ2v) is 19.1. The van der Waals surface area contributed by atoms with Gasteiger partial charge in [0.05, 0.1) is 38.4 Å². The topological polar surface area (TPSA) is 168 Å². The van der Waals surface area contributed by atoms with Crippen LogP contribution in [0.3, 0.4) is 0 Å². The zero-order valence-corrected chi connectivity index (χ0v) is 34.4. The number of nitrogens with one attached hydrogen (secondary N) is 2. The lowest BCUT2D eigenvalue weighted by Gasteiger charge is -2.34. The van der Waals surface area contributed by atoms with Gasteiger partial charge in [-0.3, -0.25) is 24.0 Å². The summed E-state index contributed by atoms with van der Waals surface area (Å²) in [5.41, 5.74) is -1.34. The first kappa shape index (κ1) is 46.6. The molecule has 2 N–H and O–H groups in total. The quantitative estimate of drug-likeness (QED) is 0.0597. The van der Waals surface area contributed by atoms with Gasteiger partial charge in [0, 0.05) is 25.6 Å². The van der Waals surface area contributed by atoms with E-state index in [1.807, 2.05) is 25.9 Å². The summed E-state index contributed by atoms with van der Waals surface area (Å²) in [4.78, 5) is 64.2. The third-order valence-corrected chi connectivity index (χ3v) is 7.17. The second-order valence-electron chi connectivity index (χ2n) is 13.2. The average molecular weight is 884 g/mol. The van der Waals surface area contributed by atoms with Gasteiger partial charge in [0.2, 0.25) is 11.8 Å². The van der Waals surface area contributed by atoms with E-state index in [0.717, 1.165) is 0 Å². The van der Waals surface area contributed by atoms with Gasteiger partial charge in [0.25, 0.3) is 0 Å². The smallest absolute Gasteiger partial charge is 0.322 e. The number of amides is 2. The minimum absolute atomic E-state index is 0.0274. The van der Waals surface area contributed by atoms with E-state index in [0.29, 0.717) is 32.9 Å². The van der Waals surface area contributed by atoms with E-state index in [1.54, 1.807) is 41.5 Å². The molecule has 14 nitrogen and oxygen atoms in total. The Morgan fingerprint density at radius 2 is 1.02 bits per heavy atom. The van der Waals surface area contributed by atoms with Crippen molar-refractivity contribution in [3.05, 3.63) is 0 Å². The fourth-order valence-electron chi connectivity index (χ4n) is 3.47. The number of ether oxygens (including phenoxy) is 6. The van der Waals surface area contributed by atoms with Crippen molar-refractivity contribution < 1.29 is 52.4 Å². The Morgan fingerprint density at radius 1 is 0.625 bits per heavy atom. The molecule has 0 aromatic rings. The Morgan fingerprint density at radius 3 is 1.40 bits per heavy atom. The molecular formula is C31H54Br3N3O11. The highest BCUT2D eigenvalue weighted by Crippen LogP contribution is 2.27. The van der Waals surface area contributed by atoms with Crippen LogP contribution in [0.15, 0.2) is 0 Å². The molecule has 0 aliphatic carbocycles. The summed E-state index contributed by atoms with van der Waals surface area (Å²) in [6.45, 7) is 12.3. The number of rotatable bonds is 25. The van der Waals surface area contributed by atoms with Crippen molar-refractivity contribution in [1.29, 1.82) is 0 Å². The minimum Gasteiger partial charge on any atom is -0.464 e. The van der Waals surface area contributed by atoms with Gasteiger partial charge in [-0.25, -0.2) is 0 Å². The number of hydrogen-bond donors (Lipinski definition) is 2. The summed E-state index contributed by atoms with van der Waals surface area (Å²) in [6, 6.07) is 0. The second kappa shape index (κ2) is 22.4. The van der Waals surface area contributed by atoms with Crippen LogP contribution in [0.4, 0.5) is 0 Å². The van der Waals surface area contributed by atoms with Crippen LogP contribution < -0.4 is 10.6 Å². The molecule has 0 spiro atoms. The van der Waals surface area contributed by atoms with Crippen LogP contribution in [-0.2, 0) is 52.4 Å². The molecule has 48 heavy (non-hydrogen) atoms. The first-order valence-electron chi connectivity index (χ1n) is 15.5. The number of halogens is 3. The maximum Gasteiger partial charge on any atom is 0.322 e. The van der Waals surface area contributed by atoms with E-state index in [-0.39, 0.29) is 58.0 Å². The molecule has 280 valence electrons. The highest BCUT2D eigenvalue weighted by Gasteiger charge is 2.41. The third kappa shape index (κ3) is 21.7. The number of esters is 3. The summed E-state index contributed by atoms with van der Waals surface area (Å²) >= 11 is 9.76. The predicted molar refractivity (Wildman–Crippen MR) is 191 cm³/mol. The monoisotopic (exact) mass is 881 g/mol. The van der Waals surface area contributed by atoms with Gasteiger partial charge in [-0.05, 0) is 55.6 Å². The maximum atomic E-state index is 12.6. The molecule has 0 aromatic heterocycles. The zero-order valence-electron chi connectivity index (χ0n) is 29.6. The Hall–Kier alpha value is -1.37. The molecule has 1 atom stereocenters. The molecule has 17 heteroatoms. The Kier molecular flexibility index (Phi) is 21.8. The third-order valence-electron chi connectivity index (χ3n) is 6.20. The first-order valence-corrected chi connectivity index (χ1v) is 17.9. The molecule has 0 heterocycles. The molecule has 0 aromatic carbocycles. The highest BCUT2D eigenvalue weighted by molar-refractivity contribution is 9.10. The SMILES string of the molecule is C[C@@H](CN(C)C)C(=O)NCCOCCOCCNC(=O)COCC(COC(=O)C(C)(C)Br)(COC(=O)C(C)(C)Br)COC(=O)C(C)(C)Br. The average Bonchev–Trinajstić information content (AvgIpc) is 2.95. The molecule has 0 saturated heterocycles. The van der Waals surface area contributed by atoms with Crippen LogP contribution in [0.25, 0.3) is 0 Å². The lowest BCUT2D eigenvalue weighted by Crippen LogP contribution is -2.47. The van der Waals surface area contributed by atoms with Crippen molar-refractivity contribution in [3.63, 3.8) is 0 Å². The van der Waals surface area contributed by atoms with E-state index in [2.05, 4.69) is 58.4 Å². The Bertz CT molecular complexity index is 952. The van der Waals surface area contributed by atoms with Gasteiger partial charge in [-0.15, -0.1) is 0 Å². The Labute approximate surface area is 310 Å². The van der Waals surface area contributed by atoms with Crippen molar-refractivity contribution in [1.82, 2.24) is 15.5 Å². The van der Waals surface area contributed by atoms with E-state index >= 15 is 0 Å². The van der Waals surface area contributed by atoms with Crippen LogP contribution in [0.5, 0.6) is 0 Å². The van der Waals surface area contributed by atoms with Gasteiger partial charge in [0.15, 0.2) is 0 Å².